The number of aliphatic carboxylic acids is 1. The first-order chi connectivity index (χ1) is 7.18. The summed E-state index contributed by atoms with van der Waals surface area (Å²) >= 11 is 0. The molecule has 0 aromatic carbocycles. The number of carbonyl (C=O) groups is 2. The van der Waals surface area contributed by atoms with Crippen molar-refractivity contribution in [2.24, 2.45) is 0 Å². The van der Waals surface area contributed by atoms with Crippen LogP contribution in [0, 0.1) is 0 Å². The lowest BCUT2D eigenvalue weighted by molar-refractivity contribution is -0.132. The van der Waals surface area contributed by atoms with E-state index in [9.17, 15) is 9.59 Å². The first kappa shape index (κ1) is 9.89. The molecule has 1 aromatic rings. The van der Waals surface area contributed by atoms with Crippen molar-refractivity contribution in [1.29, 1.82) is 0 Å². The fourth-order valence-corrected chi connectivity index (χ4v) is 1.92. The highest BCUT2D eigenvalue weighted by atomic mass is 16.5. The number of rotatable bonds is 3. The summed E-state index contributed by atoms with van der Waals surface area (Å²) in [6.07, 6.45) is 4.37. The first-order valence-corrected chi connectivity index (χ1v) is 4.92. The number of carbonyl (C=O) groups excluding carboxylic acids is 1. The van der Waals surface area contributed by atoms with Crippen molar-refractivity contribution in [3.05, 3.63) is 17.5 Å². The molecule has 0 bridgehead atoms. The summed E-state index contributed by atoms with van der Waals surface area (Å²) in [6.45, 7) is 0. The maximum atomic E-state index is 11.0. The molecule has 2 rings (SSSR count). The lowest BCUT2D eigenvalue weighted by Gasteiger charge is -2.00. The molecule has 0 spiro atoms. The lowest BCUT2D eigenvalue weighted by Crippen LogP contribution is -2.11. The van der Waals surface area contributed by atoms with Gasteiger partial charge in [-0.1, -0.05) is 18.0 Å². The van der Waals surface area contributed by atoms with E-state index >= 15 is 0 Å². The Morgan fingerprint density at radius 2 is 2.07 bits per heavy atom. The number of aromatic nitrogens is 1. The number of Topliss-reactive ketones (excluding diaryl/α,β-unsaturated/α-hetero) is 1. The van der Waals surface area contributed by atoms with Crippen molar-refractivity contribution in [1.82, 2.24) is 5.16 Å². The van der Waals surface area contributed by atoms with Crippen molar-refractivity contribution in [3.8, 4) is 0 Å². The van der Waals surface area contributed by atoms with E-state index in [1.807, 2.05) is 0 Å². The van der Waals surface area contributed by atoms with Crippen LogP contribution in [0.4, 0.5) is 0 Å². The zero-order valence-corrected chi connectivity index (χ0v) is 8.10. The van der Waals surface area contributed by atoms with Crippen LogP contribution in [0.15, 0.2) is 10.6 Å². The smallest absolute Gasteiger partial charge is 0.380 e. The molecule has 0 saturated heterocycles. The Kier molecular flexibility index (Phi) is 2.53. The summed E-state index contributed by atoms with van der Waals surface area (Å²) in [5, 5.41) is 12.2. The van der Waals surface area contributed by atoms with Crippen LogP contribution >= 0.6 is 0 Å². The van der Waals surface area contributed by atoms with Gasteiger partial charge in [-0.25, -0.2) is 4.79 Å². The highest BCUT2D eigenvalue weighted by Gasteiger charge is 2.25. The number of hydrogen-bond acceptors (Lipinski definition) is 4. The molecular weight excluding hydrogens is 198 g/mol. The Bertz CT molecular complexity index is 390. The van der Waals surface area contributed by atoms with Crippen LogP contribution in [0.3, 0.4) is 0 Å². The lowest BCUT2D eigenvalue weighted by atomic mass is 10.0. The van der Waals surface area contributed by atoms with Gasteiger partial charge in [0, 0.05) is 12.0 Å². The van der Waals surface area contributed by atoms with Gasteiger partial charge in [0.15, 0.2) is 0 Å². The van der Waals surface area contributed by atoms with Gasteiger partial charge in [0.2, 0.25) is 5.76 Å². The molecular formula is C10H11NO4. The molecule has 5 heteroatoms. The summed E-state index contributed by atoms with van der Waals surface area (Å²) in [5.74, 6) is -2.40. The fraction of sp³-hybridized carbons (Fsp3) is 0.500. The van der Waals surface area contributed by atoms with E-state index in [2.05, 4.69) is 5.16 Å². The second-order valence-corrected chi connectivity index (χ2v) is 3.73. The van der Waals surface area contributed by atoms with Gasteiger partial charge in [-0.15, -0.1) is 0 Å². The van der Waals surface area contributed by atoms with Crippen molar-refractivity contribution >= 4 is 11.8 Å². The molecule has 1 aromatic heterocycles. The minimum atomic E-state index is -1.51. The third kappa shape index (κ3) is 1.91. The van der Waals surface area contributed by atoms with Gasteiger partial charge in [-0.2, -0.15) is 0 Å². The molecule has 1 aliphatic carbocycles. The Morgan fingerprint density at radius 3 is 2.67 bits per heavy atom. The number of hydrogen-bond donors (Lipinski definition) is 1. The van der Waals surface area contributed by atoms with Crippen LogP contribution in [0.25, 0.3) is 0 Å². The van der Waals surface area contributed by atoms with Gasteiger partial charge in [-0.05, 0) is 12.8 Å². The predicted molar refractivity (Wildman–Crippen MR) is 49.7 cm³/mol. The molecule has 15 heavy (non-hydrogen) atoms. The third-order valence-corrected chi connectivity index (χ3v) is 2.72. The number of carboxylic acids is 1. The highest BCUT2D eigenvalue weighted by Crippen LogP contribution is 2.33. The molecule has 0 aliphatic heterocycles. The molecule has 1 N–H and O–H groups in total. The zero-order chi connectivity index (χ0) is 10.8. The molecule has 0 radical (unpaired) electrons. The highest BCUT2D eigenvalue weighted by molar-refractivity contribution is 6.38. The van der Waals surface area contributed by atoms with Crippen LogP contribution < -0.4 is 0 Å². The summed E-state index contributed by atoms with van der Waals surface area (Å²) in [6, 6.07) is 1.45. The quantitative estimate of drug-likeness (QED) is 0.604. The molecule has 1 aliphatic rings. The first-order valence-electron chi connectivity index (χ1n) is 4.92. The SMILES string of the molecule is O=C(O)C(=O)c1cc(C2CCCC2)no1. The Balaban J connectivity index is 2.16. The molecule has 1 fully saturated rings. The van der Waals surface area contributed by atoms with Crippen molar-refractivity contribution in [2.45, 2.75) is 31.6 Å². The summed E-state index contributed by atoms with van der Waals surface area (Å²) < 4.78 is 4.72. The van der Waals surface area contributed by atoms with Crippen molar-refractivity contribution in [2.75, 3.05) is 0 Å². The minimum Gasteiger partial charge on any atom is -0.475 e. The molecule has 1 saturated carbocycles. The van der Waals surface area contributed by atoms with Crippen LogP contribution in [0.1, 0.15) is 47.8 Å². The normalized spacial score (nSPS) is 16.8. The Hall–Kier alpha value is -1.65. The molecule has 0 amide bonds. The van der Waals surface area contributed by atoms with E-state index in [1.165, 1.54) is 6.07 Å². The molecule has 80 valence electrons. The van der Waals surface area contributed by atoms with Crippen molar-refractivity contribution in [3.63, 3.8) is 0 Å². The minimum absolute atomic E-state index is 0.176. The average molecular weight is 209 g/mol. The standard InChI is InChI=1S/C10H11NO4/c12-9(10(13)14)8-5-7(11-15-8)6-3-1-2-4-6/h5-6H,1-4H2,(H,13,14). The van der Waals surface area contributed by atoms with Crippen LogP contribution in [0.2, 0.25) is 0 Å². The van der Waals surface area contributed by atoms with E-state index in [0.717, 1.165) is 25.7 Å². The summed E-state index contributed by atoms with van der Waals surface area (Å²) in [4.78, 5) is 21.4. The Labute approximate surface area is 86.1 Å². The largest absolute Gasteiger partial charge is 0.475 e. The van der Waals surface area contributed by atoms with E-state index < -0.39 is 11.8 Å². The monoisotopic (exact) mass is 209 g/mol. The Morgan fingerprint density at radius 1 is 1.40 bits per heavy atom. The van der Waals surface area contributed by atoms with E-state index in [-0.39, 0.29) is 5.76 Å². The maximum absolute atomic E-state index is 11.0. The average Bonchev–Trinajstić information content (AvgIpc) is 2.86. The molecule has 0 atom stereocenters. The fourth-order valence-electron chi connectivity index (χ4n) is 1.92. The molecule has 0 unspecified atom stereocenters. The zero-order valence-electron chi connectivity index (χ0n) is 8.10. The van der Waals surface area contributed by atoms with Crippen LogP contribution in [-0.2, 0) is 4.79 Å². The molecule has 5 nitrogen and oxygen atoms in total. The van der Waals surface area contributed by atoms with E-state index in [0.29, 0.717) is 11.6 Å². The number of carboxylic acid groups (broad SMARTS) is 1. The van der Waals surface area contributed by atoms with Crippen molar-refractivity contribution < 1.29 is 19.2 Å². The van der Waals surface area contributed by atoms with Gasteiger partial charge in [0.05, 0.1) is 5.69 Å². The summed E-state index contributed by atoms with van der Waals surface area (Å²) in [7, 11) is 0. The maximum Gasteiger partial charge on any atom is 0.380 e. The van der Waals surface area contributed by atoms with Gasteiger partial charge in [-0.3, -0.25) is 4.79 Å². The molecule has 1 heterocycles. The number of nitrogens with zero attached hydrogens (tertiary/aromatic N) is 1. The predicted octanol–water partition coefficient (Wildman–Crippen LogP) is 1.60. The second kappa shape index (κ2) is 3.84. The van der Waals surface area contributed by atoms with Gasteiger partial charge in [0.1, 0.15) is 0 Å². The van der Waals surface area contributed by atoms with Gasteiger partial charge >= 0.3 is 11.8 Å². The second-order valence-electron chi connectivity index (χ2n) is 3.73. The van der Waals surface area contributed by atoms with Gasteiger partial charge < -0.3 is 9.63 Å². The van der Waals surface area contributed by atoms with E-state index in [4.69, 9.17) is 9.63 Å². The van der Waals surface area contributed by atoms with E-state index in [1.54, 1.807) is 0 Å². The summed E-state index contributed by atoms with van der Waals surface area (Å²) in [5.41, 5.74) is 0.706. The number of ketones is 1. The van der Waals surface area contributed by atoms with Gasteiger partial charge in [0.25, 0.3) is 0 Å². The van der Waals surface area contributed by atoms with Crippen LogP contribution in [0.5, 0.6) is 0 Å². The van der Waals surface area contributed by atoms with Crippen LogP contribution in [-0.4, -0.2) is 22.0 Å². The third-order valence-electron chi connectivity index (χ3n) is 2.72. The topological polar surface area (TPSA) is 80.4 Å².